The van der Waals surface area contributed by atoms with Crippen LogP contribution in [-0.4, -0.2) is 41.4 Å². The van der Waals surface area contributed by atoms with Crippen molar-refractivity contribution in [2.75, 3.05) is 13.1 Å². The summed E-state index contributed by atoms with van der Waals surface area (Å²) in [6, 6.07) is -0.778. The van der Waals surface area contributed by atoms with Crippen molar-refractivity contribution in [1.82, 2.24) is 4.90 Å². The van der Waals surface area contributed by atoms with E-state index in [-0.39, 0.29) is 0 Å². The Balaban J connectivity index is 2.22. The molecule has 1 heterocycles. The van der Waals surface area contributed by atoms with Crippen LogP contribution >= 0.6 is 0 Å². The van der Waals surface area contributed by atoms with Gasteiger partial charge in [-0.05, 0) is 12.5 Å². The molecular formula is C8H13N3O2. The molecule has 1 atom stereocenters. The minimum atomic E-state index is -0.954. The van der Waals surface area contributed by atoms with Gasteiger partial charge in [-0.15, -0.1) is 0 Å². The second kappa shape index (κ2) is 4.61. The van der Waals surface area contributed by atoms with Crippen molar-refractivity contribution in [1.29, 1.82) is 0 Å². The Bertz CT molecular complexity index is 238. The molecule has 0 saturated carbocycles. The Hall–Kier alpha value is -1.36. The van der Waals surface area contributed by atoms with E-state index in [4.69, 9.17) is 10.8 Å². The predicted octanol–water partition coefficient (Wildman–Crippen LogP) is -0.354. The van der Waals surface area contributed by atoms with E-state index < -0.39 is 12.0 Å². The molecule has 0 aliphatic carbocycles. The highest BCUT2D eigenvalue weighted by Crippen LogP contribution is 1.97. The molecule has 0 fully saturated rings. The Morgan fingerprint density at radius 1 is 1.77 bits per heavy atom. The van der Waals surface area contributed by atoms with Gasteiger partial charge in [-0.3, -0.25) is 4.79 Å². The highest BCUT2D eigenvalue weighted by molar-refractivity contribution is 5.73. The highest BCUT2D eigenvalue weighted by Gasteiger charge is 2.12. The van der Waals surface area contributed by atoms with Crippen molar-refractivity contribution in [3.8, 4) is 0 Å². The highest BCUT2D eigenvalue weighted by atomic mass is 16.4. The van der Waals surface area contributed by atoms with Gasteiger partial charge in [0.25, 0.3) is 0 Å². The van der Waals surface area contributed by atoms with E-state index in [1.807, 2.05) is 11.0 Å². The Kier molecular flexibility index (Phi) is 3.45. The molecule has 5 heteroatoms. The lowest BCUT2D eigenvalue weighted by molar-refractivity contribution is -0.138. The van der Waals surface area contributed by atoms with Crippen LogP contribution < -0.4 is 5.73 Å². The zero-order valence-corrected chi connectivity index (χ0v) is 7.26. The lowest BCUT2D eigenvalue weighted by Crippen LogP contribution is -2.35. The number of nitrogens with zero attached hydrogens (tertiary/aromatic N) is 2. The van der Waals surface area contributed by atoms with Gasteiger partial charge in [-0.1, -0.05) is 0 Å². The molecular weight excluding hydrogens is 170 g/mol. The molecule has 0 aromatic carbocycles. The third-order valence-electron chi connectivity index (χ3n) is 1.81. The van der Waals surface area contributed by atoms with Crippen LogP contribution in [0.15, 0.2) is 17.3 Å². The molecule has 1 rings (SSSR count). The number of nitrogens with two attached hydrogens (primary N) is 1. The van der Waals surface area contributed by atoms with E-state index in [0.717, 1.165) is 6.54 Å². The van der Waals surface area contributed by atoms with Crippen molar-refractivity contribution >= 4 is 12.3 Å². The molecule has 0 spiro atoms. The molecule has 1 unspecified atom stereocenters. The van der Waals surface area contributed by atoms with Crippen LogP contribution in [0.2, 0.25) is 0 Å². The fourth-order valence-corrected chi connectivity index (χ4v) is 1.00. The molecule has 72 valence electrons. The minimum Gasteiger partial charge on any atom is -0.480 e. The molecule has 0 aromatic heterocycles. The number of aliphatic carboxylic acids is 1. The summed E-state index contributed by atoms with van der Waals surface area (Å²) in [5.74, 6) is -0.954. The van der Waals surface area contributed by atoms with E-state index in [2.05, 4.69) is 4.99 Å². The lowest BCUT2D eigenvalue weighted by atomic mass is 10.2. The van der Waals surface area contributed by atoms with Gasteiger partial charge in [0.1, 0.15) is 6.04 Å². The number of carbonyl (C=O) groups is 1. The minimum absolute atomic E-state index is 0.440. The molecule has 0 saturated heterocycles. The van der Waals surface area contributed by atoms with Crippen molar-refractivity contribution in [3.05, 3.63) is 12.3 Å². The first-order valence-corrected chi connectivity index (χ1v) is 4.11. The van der Waals surface area contributed by atoms with Crippen LogP contribution in [0, 0.1) is 0 Å². The molecule has 13 heavy (non-hydrogen) atoms. The van der Waals surface area contributed by atoms with Crippen molar-refractivity contribution in [2.24, 2.45) is 10.7 Å². The fraction of sp³-hybridized carbons (Fsp3) is 0.500. The average Bonchev–Trinajstić information content (AvgIpc) is 2.15. The standard InChI is InChI=1S/C8H13N3O2/c9-7(8(12)13)2-5-11-4-1-3-10-6-11/h1,3,6-7H,2,4-5,9H2,(H,12,13). The van der Waals surface area contributed by atoms with Crippen molar-refractivity contribution in [3.63, 3.8) is 0 Å². The lowest BCUT2D eigenvalue weighted by Gasteiger charge is -2.20. The zero-order valence-electron chi connectivity index (χ0n) is 7.26. The summed E-state index contributed by atoms with van der Waals surface area (Å²) in [4.78, 5) is 16.2. The molecule has 0 radical (unpaired) electrons. The Labute approximate surface area is 76.5 Å². The normalized spacial score (nSPS) is 17.5. The van der Waals surface area contributed by atoms with Gasteiger partial charge in [-0.2, -0.15) is 0 Å². The maximum atomic E-state index is 10.4. The molecule has 1 aliphatic heterocycles. The third kappa shape index (κ3) is 3.25. The SMILES string of the molecule is NC(CCN1C=NC=CC1)C(=O)O. The average molecular weight is 183 g/mol. The largest absolute Gasteiger partial charge is 0.480 e. The van der Waals surface area contributed by atoms with Gasteiger partial charge in [0, 0.05) is 19.3 Å². The van der Waals surface area contributed by atoms with Crippen LogP contribution in [0.5, 0.6) is 0 Å². The zero-order chi connectivity index (χ0) is 9.68. The van der Waals surface area contributed by atoms with Crippen LogP contribution in [0.3, 0.4) is 0 Å². The van der Waals surface area contributed by atoms with Gasteiger partial charge in [0.2, 0.25) is 0 Å². The second-order valence-electron chi connectivity index (χ2n) is 2.88. The van der Waals surface area contributed by atoms with Crippen LogP contribution in [-0.2, 0) is 4.79 Å². The third-order valence-corrected chi connectivity index (χ3v) is 1.81. The summed E-state index contributed by atoms with van der Waals surface area (Å²) in [5.41, 5.74) is 5.34. The second-order valence-corrected chi connectivity index (χ2v) is 2.88. The summed E-state index contributed by atoms with van der Waals surface area (Å²) in [7, 11) is 0. The van der Waals surface area contributed by atoms with E-state index in [1.165, 1.54) is 0 Å². The summed E-state index contributed by atoms with van der Waals surface area (Å²) >= 11 is 0. The smallest absolute Gasteiger partial charge is 0.320 e. The number of carboxylic acid groups (broad SMARTS) is 1. The van der Waals surface area contributed by atoms with Gasteiger partial charge in [0.05, 0.1) is 6.34 Å². The predicted molar refractivity (Wildman–Crippen MR) is 49.4 cm³/mol. The van der Waals surface area contributed by atoms with Gasteiger partial charge in [0.15, 0.2) is 0 Å². The molecule has 5 nitrogen and oxygen atoms in total. The monoisotopic (exact) mass is 183 g/mol. The summed E-state index contributed by atoms with van der Waals surface area (Å²) in [6.45, 7) is 1.40. The summed E-state index contributed by atoms with van der Waals surface area (Å²) < 4.78 is 0. The first-order chi connectivity index (χ1) is 6.20. The number of carboxylic acids is 1. The van der Waals surface area contributed by atoms with Gasteiger partial charge in [-0.25, -0.2) is 4.99 Å². The van der Waals surface area contributed by atoms with Crippen LogP contribution in [0.25, 0.3) is 0 Å². The van der Waals surface area contributed by atoms with Crippen molar-refractivity contribution < 1.29 is 9.90 Å². The topological polar surface area (TPSA) is 78.9 Å². The summed E-state index contributed by atoms with van der Waals surface area (Å²) in [6.07, 6.45) is 5.75. The van der Waals surface area contributed by atoms with Crippen LogP contribution in [0.4, 0.5) is 0 Å². The van der Waals surface area contributed by atoms with E-state index in [9.17, 15) is 4.79 Å². The number of aliphatic imine (C=N–C) groups is 1. The molecule has 1 aliphatic rings. The maximum absolute atomic E-state index is 10.4. The van der Waals surface area contributed by atoms with E-state index >= 15 is 0 Å². The van der Waals surface area contributed by atoms with Crippen LogP contribution in [0.1, 0.15) is 6.42 Å². The molecule has 3 N–H and O–H groups in total. The van der Waals surface area contributed by atoms with E-state index in [1.54, 1.807) is 12.5 Å². The maximum Gasteiger partial charge on any atom is 0.320 e. The van der Waals surface area contributed by atoms with Gasteiger partial charge < -0.3 is 15.7 Å². The Morgan fingerprint density at radius 3 is 3.08 bits per heavy atom. The quantitative estimate of drug-likeness (QED) is 0.624. The first-order valence-electron chi connectivity index (χ1n) is 4.11. The molecule has 0 bridgehead atoms. The van der Waals surface area contributed by atoms with Crippen molar-refractivity contribution in [2.45, 2.75) is 12.5 Å². The van der Waals surface area contributed by atoms with Gasteiger partial charge >= 0.3 is 5.97 Å². The number of hydrogen-bond donors (Lipinski definition) is 2. The Morgan fingerprint density at radius 2 is 2.54 bits per heavy atom. The summed E-state index contributed by atoms with van der Waals surface area (Å²) in [5, 5.41) is 8.52. The number of rotatable bonds is 4. The molecule has 0 amide bonds. The first kappa shape index (κ1) is 9.73. The molecule has 0 aromatic rings. The fourth-order valence-electron chi connectivity index (χ4n) is 1.00. The van der Waals surface area contributed by atoms with E-state index in [0.29, 0.717) is 13.0 Å². The number of hydrogen-bond acceptors (Lipinski definition) is 4.